The number of hydrogen-bond acceptors (Lipinski definition) is 2. The predicted molar refractivity (Wildman–Crippen MR) is 75.9 cm³/mol. The van der Waals surface area contributed by atoms with Gasteiger partial charge in [-0.25, -0.2) is 4.39 Å². The summed E-state index contributed by atoms with van der Waals surface area (Å²) in [5.74, 6) is -0.211. The Morgan fingerprint density at radius 2 is 2.28 bits per heavy atom. The van der Waals surface area contributed by atoms with Crippen molar-refractivity contribution >= 4 is 15.9 Å². The van der Waals surface area contributed by atoms with Crippen molar-refractivity contribution < 1.29 is 4.39 Å². The van der Waals surface area contributed by atoms with Gasteiger partial charge >= 0.3 is 0 Å². The fraction of sp³-hybridized carbons (Fsp3) is 0.571. The van der Waals surface area contributed by atoms with Crippen LogP contribution in [0.15, 0.2) is 22.7 Å². The molecule has 2 N–H and O–H groups in total. The lowest BCUT2D eigenvalue weighted by Crippen LogP contribution is -2.46. The normalized spacial score (nSPS) is 25.3. The van der Waals surface area contributed by atoms with E-state index >= 15 is 0 Å². The van der Waals surface area contributed by atoms with E-state index in [-0.39, 0.29) is 17.9 Å². The second kappa shape index (κ2) is 6.13. The molecule has 0 radical (unpaired) electrons. The summed E-state index contributed by atoms with van der Waals surface area (Å²) in [6.07, 6.45) is 3.30. The summed E-state index contributed by atoms with van der Waals surface area (Å²) in [5, 5.41) is 0. The number of likely N-dealkylation sites (tertiary alicyclic amines) is 1. The third-order valence-electron chi connectivity index (χ3n) is 3.57. The summed E-state index contributed by atoms with van der Waals surface area (Å²) in [7, 11) is 0. The predicted octanol–water partition coefficient (Wildman–Crippen LogP) is 3.46. The van der Waals surface area contributed by atoms with Gasteiger partial charge in [-0.05, 0) is 50.0 Å². The van der Waals surface area contributed by atoms with E-state index in [1.54, 1.807) is 0 Å². The quantitative estimate of drug-likeness (QED) is 0.925. The second-order valence-electron chi connectivity index (χ2n) is 4.95. The van der Waals surface area contributed by atoms with E-state index in [2.05, 4.69) is 27.8 Å². The summed E-state index contributed by atoms with van der Waals surface area (Å²) in [5.41, 5.74) is 7.39. The Labute approximate surface area is 116 Å². The largest absolute Gasteiger partial charge is 0.326 e. The molecule has 18 heavy (non-hydrogen) atoms. The highest BCUT2D eigenvalue weighted by Crippen LogP contribution is 2.34. The van der Waals surface area contributed by atoms with Crippen molar-refractivity contribution in [2.24, 2.45) is 5.73 Å². The average Bonchev–Trinajstić information content (AvgIpc) is 2.31. The van der Waals surface area contributed by atoms with Crippen LogP contribution in [-0.2, 0) is 0 Å². The van der Waals surface area contributed by atoms with Gasteiger partial charge in [-0.1, -0.05) is 28.9 Å². The van der Waals surface area contributed by atoms with Gasteiger partial charge in [0.25, 0.3) is 0 Å². The standard InChI is InChI=1S/C14H20BrFN2/c1-2-7-18-8-3-4-13(17)14(18)11-6-5-10(16)9-12(11)15/h5-6,9,13-14H,2-4,7-8,17H2,1H3. The average molecular weight is 315 g/mol. The zero-order valence-electron chi connectivity index (χ0n) is 10.7. The molecular weight excluding hydrogens is 295 g/mol. The molecule has 2 unspecified atom stereocenters. The lowest BCUT2D eigenvalue weighted by Gasteiger charge is -2.40. The van der Waals surface area contributed by atoms with Gasteiger partial charge < -0.3 is 5.73 Å². The zero-order valence-corrected chi connectivity index (χ0v) is 12.3. The lowest BCUT2D eigenvalue weighted by molar-refractivity contribution is 0.128. The summed E-state index contributed by atoms with van der Waals surface area (Å²) in [4.78, 5) is 2.42. The van der Waals surface area contributed by atoms with Crippen LogP contribution in [0.1, 0.15) is 37.8 Å². The maximum atomic E-state index is 13.2. The third-order valence-corrected chi connectivity index (χ3v) is 4.26. The zero-order chi connectivity index (χ0) is 13.1. The first kappa shape index (κ1) is 14.0. The van der Waals surface area contributed by atoms with Crippen molar-refractivity contribution in [2.75, 3.05) is 13.1 Å². The number of benzene rings is 1. The Hall–Kier alpha value is -0.450. The van der Waals surface area contributed by atoms with E-state index in [0.717, 1.165) is 42.4 Å². The second-order valence-corrected chi connectivity index (χ2v) is 5.81. The van der Waals surface area contributed by atoms with Crippen LogP contribution in [0.2, 0.25) is 0 Å². The molecular formula is C14H20BrFN2. The Bertz CT molecular complexity index is 409. The van der Waals surface area contributed by atoms with Crippen LogP contribution in [0.5, 0.6) is 0 Å². The fourth-order valence-corrected chi connectivity index (χ4v) is 3.39. The minimum atomic E-state index is -0.211. The molecule has 0 aromatic heterocycles. The van der Waals surface area contributed by atoms with E-state index in [0.29, 0.717) is 0 Å². The van der Waals surface area contributed by atoms with Gasteiger partial charge in [-0.15, -0.1) is 0 Å². The smallest absolute Gasteiger partial charge is 0.124 e. The van der Waals surface area contributed by atoms with Crippen LogP contribution >= 0.6 is 15.9 Å². The molecule has 1 saturated heterocycles. The van der Waals surface area contributed by atoms with Crippen molar-refractivity contribution in [1.82, 2.24) is 4.90 Å². The Morgan fingerprint density at radius 3 is 2.94 bits per heavy atom. The number of halogens is 2. The van der Waals surface area contributed by atoms with Gasteiger partial charge in [0.2, 0.25) is 0 Å². The van der Waals surface area contributed by atoms with Crippen molar-refractivity contribution in [3.63, 3.8) is 0 Å². The van der Waals surface area contributed by atoms with Crippen LogP contribution in [-0.4, -0.2) is 24.0 Å². The minimum Gasteiger partial charge on any atom is -0.326 e. The Kier molecular flexibility index (Phi) is 4.76. The third kappa shape index (κ3) is 2.92. The van der Waals surface area contributed by atoms with Crippen LogP contribution < -0.4 is 5.73 Å². The molecule has 2 rings (SSSR count). The van der Waals surface area contributed by atoms with Crippen LogP contribution in [0.3, 0.4) is 0 Å². The number of hydrogen-bond donors (Lipinski definition) is 1. The van der Waals surface area contributed by atoms with Gasteiger partial charge in [0.15, 0.2) is 0 Å². The first-order chi connectivity index (χ1) is 8.63. The maximum absolute atomic E-state index is 13.2. The van der Waals surface area contributed by atoms with E-state index in [1.807, 2.05) is 6.07 Å². The fourth-order valence-electron chi connectivity index (χ4n) is 2.80. The van der Waals surface area contributed by atoms with Crippen LogP contribution in [0, 0.1) is 5.82 Å². The van der Waals surface area contributed by atoms with Gasteiger partial charge in [0.1, 0.15) is 5.82 Å². The molecule has 0 amide bonds. The summed E-state index contributed by atoms with van der Waals surface area (Å²) in [6.45, 7) is 4.30. The van der Waals surface area contributed by atoms with E-state index in [9.17, 15) is 4.39 Å². The first-order valence-electron chi connectivity index (χ1n) is 6.58. The summed E-state index contributed by atoms with van der Waals surface area (Å²) < 4.78 is 14.0. The summed E-state index contributed by atoms with van der Waals surface area (Å²) in [6, 6.07) is 5.24. The number of rotatable bonds is 3. The van der Waals surface area contributed by atoms with Crippen molar-refractivity contribution in [3.8, 4) is 0 Å². The highest BCUT2D eigenvalue weighted by molar-refractivity contribution is 9.10. The highest BCUT2D eigenvalue weighted by atomic mass is 79.9. The summed E-state index contributed by atoms with van der Waals surface area (Å²) >= 11 is 3.47. The molecule has 1 fully saturated rings. The molecule has 1 aliphatic heterocycles. The molecule has 4 heteroatoms. The Morgan fingerprint density at radius 1 is 1.50 bits per heavy atom. The molecule has 100 valence electrons. The van der Waals surface area contributed by atoms with Crippen molar-refractivity contribution in [1.29, 1.82) is 0 Å². The van der Waals surface area contributed by atoms with Gasteiger partial charge in [0, 0.05) is 10.5 Å². The van der Waals surface area contributed by atoms with E-state index in [1.165, 1.54) is 12.1 Å². The van der Waals surface area contributed by atoms with Crippen molar-refractivity contribution in [2.45, 2.75) is 38.3 Å². The number of piperidine rings is 1. The molecule has 0 bridgehead atoms. The lowest BCUT2D eigenvalue weighted by atomic mass is 9.91. The molecule has 0 aliphatic carbocycles. The van der Waals surface area contributed by atoms with Gasteiger partial charge in [-0.2, -0.15) is 0 Å². The molecule has 0 spiro atoms. The first-order valence-corrected chi connectivity index (χ1v) is 7.37. The molecule has 2 atom stereocenters. The van der Waals surface area contributed by atoms with Gasteiger partial charge in [0.05, 0.1) is 6.04 Å². The van der Waals surface area contributed by atoms with Crippen molar-refractivity contribution in [3.05, 3.63) is 34.1 Å². The van der Waals surface area contributed by atoms with E-state index < -0.39 is 0 Å². The highest BCUT2D eigenvalue weighted by Gasteiger charge is 2.30. The SMILES string of the molecule is CCCN1CCCC(N)C1c1ccc(F)cc1Br. The van der Waals surface area contributed by atoms with Crippen LogP contribution in [0.25, 0.3) is 0 Å². The minimum absolute atomic E-state index is 0.132. The molecule has 1 heterocycles. The number of nitrogens with two attached hydrogens (primary N) is 1. The van der Waals surface area contributed by atoms with Gasteiger partial charge in [-0.3, -0.25) is 4.90 Å². The number of nitrogens with zero attached hydrogens (tertiary/aromatic N) is 1. The maximum Gasteiger partial charge on any atom is 0.124 e. The molecule has 1 aliphatic rings. The molecule has 2 nitrogen and oxygen atoms in total. The van der Waals surface area contributed by atoms with Crippen LogP contribution in [0.4, 0.5) is 4.39 Å². The molecule has 1 aromatic carbocycles. The monoisotopic (exact) mass is 314 g/mol. The Balaban J connectivity index is 2.31. The topological polar surface area (TPSA) is 29.3 Å². The van der Waals surface area contributed by atoms with E-state index in [4.69, 9.17) is 5.73 Å². The molecule has 0 saturated carbocycles. The molecule has 1 aromatic rings.